The van der Waals surface area contributed by atoms with Gasteiger partial charge in [-0.25, -0.2) is 4.79 Å². The smallest absolute Gasteiger partial charge is 0.408 e. The number of benzene rings is 2. The van der Waals surface area contributed by atoms with Gasteiger partial charge in [0, 0.05) is 19.0 Å². The third kappa shape index (κ3) is 9.39. The average molecular weight is 526 g/mol. The van der Waals surface area contributed by atoms with Crippen molar-refractivity contribution in [2.75, 3.05) is 6.54 Å². The van der Waals surface area contributed by atoms with Crippen molar-refractivity contribution < 1.29 is 24.2 Å². The van der Waals surface area contributed by atoms with E-state index in [1.807, 2.05) is 45.0 Å². The number of nitrogens with one attached hydrogen (secondary N) is 2. The highest BCUT2D eigenvalue weighted by atomic mass is 16.6. The summed E-state index contributed by atoms with van der Waals surface area (Å²) in [5, 5.41) is 15.5. The molecule has 0 aliphatic heterocycles. The van der Waals surface area contributed by atoms with E-state index in [1.165, 1.54) is 17.0 Å². The molecule has 0 bridgehead atoms. The van der Waals surface area contributed by atoms with Crippen molar-refractivity contribution in [1.82, 2.24) is 15.5 Å². The van der Waals surface area contributed by atoms with E-state index < -0.39 is 29.7 Å². The first-order valence-electron chi connectivity index (χ1n) is 13.3. The highest BCUT2D eigenvalue weighted by molar-refractivity contribution is 5.92. The van der Waals surface area contributed by atoms with Crippen LogP contribution >= 0.6 is 0 Å². The van der Waals surface area contributed by atoms with Gasteiger partial charge in [0.15, 0.2) is 0 Å². The third-order valence-electron chi connectivity index (χ3n) is 6.02. The second-order valence-electron chi connectivity index (χ2n) is 10.7. The highest BCUT2D eigenvalue weighted by Gasteiger charge is 2.36. The van der Waals surface area contributed by atoms with Gasteiger partial charge in [-0.15, -0.1) is 0 Å². The summed E-state index contributed by atoms with van der Waals surface area (Å²) in [7, 11) is 0. The molecule has 3 amide bonds. The van der Waals surface area contributed by atoms with Gasteiger partial charge in [0.2, 0.25) is 11.8 Å². The van der Waals surface area contributed by atoms with Crippen LogP contribution in [0.4, 0.5) is 4.79 Å². The number of carbonyl (C=O) groups is 3. The second kappa shape index (κ2) is 13.8. The number of aryl methyl sites for hydroxylation is 1. The number of alkyl carbamates (subject to hydrolysis) is 1. The van der Waals surface area contributed by atoms with Crippen molar-refractivity contribution in [1.29, 1.82) is 0 Å². The van der Waals surface area contributed by atoms with E-state index in [4.69, 9.17) is 4.74 Å². The van der Waals surface area contributed by atoms with Crippen molar-refractivity contribution in [3.05, 3.63) is 65.2 Å². The van der Waals surface area contributed by atoms with Crippen LogP contribution in [0.5, 0.6) is 5.75 Å². The number of carbonyl (C=O) groups excluding carboxylic acids is 3. The van der Waals surface area contributed by atoms with Crippen LogP contribution in [0.15, 0.2) is 48.5 Å². The molecule has 3 N–H and O–H groups in total. The lowest BCUT2D eigenvalue weighted by atomic mass is 9.99. The SMILES string of the molecule is CCCC(C)NC(=O)C(c1cccc(C)c1)N(CC)C(=O)C(Cc1ccc(O)cc1)NC(=O)OC(C)(C)C. The molecule has 0 fully saturated rings. The number of hydrogen-bond donors (Lipinski definition) is 3. The van der Waals surface area contributed by atoms with E-state index in [-0.39, 0.29) is 30.7 Å². The Labute approximate surface area is 226 Å². The molecule has 0 aliphatic carbocycles. The molecule has 0 saturated carbocycles. The molecule has 3 unspecified atom stereocenters. The summed E-state index contributed by atoms with van der Waals surface area (Å²) in [5.41, 5.74) is 1.65. The number of rotatable bonds is 11. The predicted octanol–water partition coefficient (Wildman–Crippen LogP) is 5.03. The summed E-state index contributed by atoms with van der Waals surface area (Å²) in [6.07, 6.45) is 1.17. The lowest BCUT2D eigenvalue weighted by Gasteiger charge is -2.34. The van der Waals surface area contributed by atoms with E-state index in [0.717, 1.165) is 24.0 Å². The fourth-order valence-electron chi connectivity index (χ4n) is 4.32. The van der Waals surface area contributed by atoms with Crippen LogP contribution in [0.3, 0.4) is 0 Å². The summed E-state index contributed by atoms with van der Waals surface area (Å²) in [6, 6.07) is 12.1. The molecule has 8 heteroatoms. The van der Waals surface area contributed by atoms with Crippen molar-refractivity contribution >= 4 is 17.9 Å². The maximum Gasteiger partial charge on any atom is 0.408 e. The minimum Gasteiger partial charge on any atom is -0.508 e. The molecule has 0 spiro atoms. The lowest BCUT2D eigenvalue weighted by Crippen LogP contribution is -2.54. The first-order chi connectivity index (χ1) is 17.8. The van der Waals surface area contributed by atoms with Gasteiger partial charge in [-0.1, -0.05) is 55.3 Å². The molecule has 3 atom stereocenters. The second-order valence-corrected chi connectivity index (χ2v) is 10.7. The lowest BCUT2D eigenvalue weighted by molar-refractivity contribution is -0.142. The first-order valence-corrected chi connectivity index (χ1v) is 13.3. The number of nitrogens with zero attached hydrogens (tertiary/aromatic N) is 1. The summed E-state index contributed by atoms with van der Waals surface area (Å²) >= 11 is 0. The van der Waals surface area contributed by atoms with E-state index >= 15 is 0 Å². The highest BCUT2D eigenvalue weighted by Crippen LogP contribution is 2.25. The Morgan fingerprint density at radius 2 is 1.68 bits per heavy atom. The van der Waals surface area contributed by atoms with E-state index in [2.05, 4.69) is 17.6 Å². The van der Waals surface area contributed by atoms with Crippen molar-refractivity contribution in [3.8, 4) is 5.75 Å². The Balaban J connectivity index is 2.47. The van der Waals surface area contributed by atoms with Gasteiger partial charge in [-0.05, 0) is 71.2 Å². The van der Waals surface area contributed by atoms with Crippen LogP contribution in [0.1, 0.15) is 77.1 Å². The van der Waals surface area contributed by atoms with Gasteiger partial charge in [0.1, 0.15) is 23.4 Å². The van der Waals surface area contributed by atoms with Gasteiger partial charge < -0.3 is 25.4 Å². The molecule has 0 aliphatic rings. The average Bonchev–Trinajstić information content (AvgIpc) is 2.81. The fourth-order valence-corrected chi connectivity index (χ4v) is 4.32. The maximum absolute atomic E-state index is 14.1. The minimum atomic E-state index is -0.998. The molecule has 0 heterocycles. The maximum atomic E-state index is 14.1. The number of hydrogen-bond acceptors (Lipinski definition) is 5. The zero-order chi connectivity index (χ0) is 28.5. The van der Waals surface area contributed by atoms with Crippen molar-refractivity contribution in [3.63, 3.8) is 0 Å². The van der Waals surface area contributed by atoms with Gasteiger partial charge in [0.25, 0.3) is 0 Å². The standard InChI is InChI=1S/C30H43N3O5/c1-8-11-21(4)31-27(35)26(23-13-10-12-20(3)18-23)33(9-2)28(36)25(32-29(37)38-30(5,6)7)19-22-14-16-24(34)17-15-22/h10,12-18,21,25-26,34H,8-9,11,19H2,1-7H3,(H,31,35)(H,32,37). The Morgan fingerprint density at radius 1 is 1.03 bits per heavy atom. The fraction of sp³-hybridized carbons (Fsp3) is 0.500. The van der Waals surface area contributed by atoms with Gasteiger partial charge >= 0.3 is 6.09 Å². The number of phenolic OH excluding ortho intramolecular Hbond substituents is 1. The molecule has 208 valence electrons. The molecule has 0 aromatic heterocycles. The van der Waals surface area contributed by atoms with Crippen molar-refractivity contribution in [2.45, 2.75) is 91.5 Å². The number of ether oxygens (including phenoxy) is 1. The zero-order valence-corrected chi connectivity index (χ0v) is 23.7. The number of aromatic hydroxyl groups is 1. The normalized spacial score (nSPS) is 13.7. The summed E-state index contributed by atoms with van der Waals surface area (Å²) < 4.78 is 5.44. The molecule has 38 heavy (non-hydrogen) atoms. The number of phenols is 1. The minimum absolute atomic E-state index is 0.0544. The zero-order valence-electron chi connectivity index (χ0n) is 23.7. The van der Waals surface area contributed by atoms with Gasteiger partial charge in [0.05, 0.1) is 0 Å². The molecule has 8 nitrogen and oxygen atoms in total. The van der Waals surface area contributed by atoms with E-state index in [1.54, 1.807) is 32.9 Å². The largest absolute Gasteiger partial charge is 0.508 e. The van der Waals surface area contributed by atoms with Crippen LogP contribution in [-0.4, -0.2) is 52.1 Å². The molecule has 2 rings (SSSR count). The van der Waals surface area contributed by atoms with E-state index in [9.17, 15) is 19.5 Å². The van der Waals surface area contributed by atoms with Crippen molar-refractivity contribution in [2.24, 2.45) is 0 Å². The van der Waals surface area contributed by atoms with Crippen LogP contribution in [0.25, 0.3) is 0 Å². The quantitative estimate of drug-likeness (QED) is 0.381. The Hall–Kier alpha value is -3.55. The molecule has 2 aromatic rings. The Kier molecular flexibility index (Phi) is 11.2. The van der Waals surface area contributed by atoms with Crippen LogP contribution in [-0.2, 0) is 20.7 Å². The Morgan fingerprint density at radius 3 is 2.24 bits per heavy atom. The third-order valence-corrected chi connectivity index (χ3v) is 6.02. The monoisotopic (exact) mass is 525 g/mol. The van der Waals surface area contributed by atoms with Crippen LogP contribution in [0.2, 0.25) is 0 Å². The summed E-state index contributed by atoms with van der Waals surface area (Å²) in [6.45, 7) is 13.2. The molecular weight excluding hydrogens is 482 g/mol. The first kappa shape index (κ1) is 30.7. The number of likely N-dealkylation sites (N-methyl/N-ethyl adjacent to an activating group) is 1. The van der Waals surface area contributed by atoms with Gasteiger partial charge in [-0.3, -0.25) is 9.59 Å². The summed E-state index contributed by atoms with van der Waals surface area (Å²) in [4.78, 5) is 42.0. The topological polar surface area (TPSA) is 108 Å². The van der Waals surface area contributed by atoms with Gasteiger partial charge in [-0.2, -0.15) is 0 Å². The molecule has 0 radical (unpaired) electrons. The summed E-state index contributed by atoms with van der Waals surface area (Å²) in [5.74, 6) is -0.576. The Bertz CT molecular complexity index is 1080. The molecule has 0 saturated heterocycles. The number of amides is 3. The molecular formula is C30H43N3O5. The molecule has 2 aromatic carbocycles. The van der Waals surface area contributed by atoms with E-state index in [0.29, 0.717) is 5.56 Å². The van der Waals surface area contributed by atoms with Crippen LogP contribution in [0, 0.1) is 6.92 Å². The van der Waals surface area contributed by atoms with Crippen LogP contribution < -0.4 is 10.6 Å². The predicted molar refractivity (Wildman–Crippen MR) is 149 cm³/mol.